The van der Waals surface area contributed by atoms with E-state index in [2.05, 4.69) is 12.1 Å². The molecule has 35 heavy (non-hydrogen) atoms. The fraction of sp³-hybridized carbons (Fsp3) is 0.0769. The lowest BCUT2D eigenvalue weighted by Gasteiger charge is -2.05. The van der Waals surface area contributed by atoms with Crippen molar-refractivity contribution in [1.82, 2.24) is 9.80 Å². The Morgan fingerprint density at radius 1 is 0.543 bits per heavy atom. The highest BCUT2D eigenvalue weighted by molar-refractivity contribution is 7.40. The third-order valence-electron chi connectivity index (χ3n) is 6.59. The highest BCUT2D eigenvalue weighted by atomic mass is 32.1. The van der Waals surface area contributed by atoms with Gasteiger partial charge >= 0.3 is 0 Å². The van der Waals surface area contributed by atoms with E-state index in [0.717, 1.165) is 49.5 Å². The topological polar surface area (TPSA) is 74.8 Å². The molecule has 2 aliphatic heterocycles. The van der Waals surface area contributed by atoms with Gasteiger partial charge in [0.05, 0.1) is 31.7 Å². The summed E-state index contributed by atoms with van der Waals surface area (Å²) in [6.07, 6.45) is 0. The van der Waals surface area contributed by atoms with Crippen LogP contribution in [0.4, 0.5) is 0 Å². The number of thiophene rings is 3. The van der Waals surface area contributed by atoms with Crippen LogP contribution in [-0.2, 0) is 0 Å². The lowest BCUT2D eigenvalue weighted by atomic mass is 10.0. The number of nitrogens with zero attached hydrogens (tertiary/aromatic N) is 2. The largest absolute Gasteiger partial charge is 0.277 e. The maximum atomic E-state index is 12.8. The molecule has 0 spiro atoms. The van der Waals surface area contributed by atoms with Crippen molar-refractivity contribution in [1.29, 1.82) is 0 Å². The van der Waals surface area contributed by atoms with Gasteiger partial charge in [0, 0.05) is 44.4 Å². The second kappa shape index (κ2) is 6.94. The van der Waals surface area contributed by atoms with Crippen molar-refractivity contribution < 1.29 is 19.2 Å². The molecule has 0 saturated heterocycles. The summed E-state index contributed by atoms with van der Waals surface area (Å²) in [5.74, 6) is -1.10. The molecule has 4 amide bonds. The first-order valence-electron chi connectivity index (χ1n) is 10.7. The van der Waals surface area contributed by atoms with E-state index in [1.807, 2.05) is 24.3 Å². The van der Waals surface area contributed by atoms with Crippen molar-refractivity contribution in [2.45, 2.75) is 0 Å². The summed E-state index contributed by atoms with van der Waals surface area (Å²) in [6.45, 7) is 0. The van der Waals surface area contributed by atoms with E-state index in [1.54, 1.807) is 46.1 Å². The zero-order valence-corrected chi connectivity index (χ0v) is 20.8. The molecule has 5 heterocycles. The van der Waals surface area contributed by atoms with Gasteiger partial charge < -0.3 is 0 Å². The molecular weight excluding hydrogens is 500 g/mol. The van der Waals surface area contributed by atoms with Gasteiger partial charge in [-0.15, -0.1) is 34.0 Å². The number of carbonyl (C=O) groups excluding carboxylic acids is 4. The SMILES string of the molecule is CN1C(=O)c2cccc(-c3cc4sc5cc(-c6cccc7c6C(=O)N(C)C7=O)sc5c4s3)c2C1=O. The van der Waals surface area contributed by atoms with Crippen molar-refractivity contribution in [3.8, 4) is 20.9 Å². The molecule has 9 heteroatoms. The molecule has 0 atom stereocenters. The molecule has 6 nitrogen and oxygen atoms in total. The molecule has 7 rings (SSSR count). The molecule has 3 aromatic heterocycles. The zero-order valence-electron chi connectivity index (χ0n) is 18.4. The third kappa shape index (κ3) is 2.63. The number of hydrogen-bond acceptors (Lipinski definition) is 7. The Bertz CT molecular complexity index is 1690. The number of fused-ring (bicyclic) bond motifs is 5. The Labute approximate surface area is 210 Å². The maximum absolute atomic E-state index is 12.8. The van der Waals surface area contributed by atoms with Crippen LogP contribution >= 0.6 is 34.0 Å². The molecule has 2 aliphatic rings. The van der Waals surface area contributed by atoms with Gasteiger partial charge in [-0.3, -0.25) is 29.0 Å². The first-order chi connectivity index (χ1) is 16.8. The third-order valence-corrected chi connectivity index (χ3v) is 10.4. The highest BCUT2D eigenvalue weighted by Gasteiger charge is 2.36. The summed E-state index contributed by atoms with van der Waals surface area (Å²) < 4.78 is 4.46. The number of rotatable bonds is 2. The predicted molar refractivity (Wildman–Crippen MR) is 139 cm³/mol. The van der Waals surface area contributed by atoms with E-state index in [9.17, 15) is 19.2 Å². The minimum Gasteiger partial charge on any atom is -0.277 e. The summed E-state index contributed by atoms with van der Waals surface area (Å²) in [5.41, 5.74) is 3.36. The highest BCUT2D eigenvalue weighted by Crippen LogP contribution is 2.49. The molecule has 0 bridgehead atoms. The second-order valence-corrected chi connectivity index (χ2v) is 11.7. The number of amides is 4. The van der Waals surface area contributed by atoms with Crippen LogP contribution in [0.1, 0.15) is 41.4 Å². The van der Waals surface area contributed by atoms with Gasteiger partial charge in [-0.1, -0.05) is 24.3 Å². The van der Waals surface area contributed by atoms with Gasteiger partial charge in [-0.25, -0.2) is 0 Å². The first-order valence-corrected chi connectivity index (χ1v) is 13.2. The van der Waals surface area contributed by atoms with E-state index in [0.29, 0.717) is 22.3 Å². The summed E-state index contributed by atoms with van der Waals surface area (Å²) in [6, 6.07) is 15.0. The molecule has 0 aliphatic carbocycles. The Morgan fingerprint density at radius 3 is 1.37 bits per heavy atom. The molecular formula is C26H14N2O4S3. The van der Waals surface area contributed by atoms with Crippen LogP contribution in [0.2, 0.25) is 0 Å². The van der Waals surface area contributed by atoms with Gasteiger partial charge in [0.15, 0.2) is 0 Å². The normalized spacial score (nSPS) is 15.3. The maximum Gasteiger partial charge on any atom is 0.261 e. The first kappa shape index (κ1) is 20.7. The Morgan fingerprint density at radius 2 is 0.943 bits per heavy atom. The van der Waals surface area contributed by atoms with Crippen LogP contribution in [0.3, 0.4) is 0 Å². The van der Waals surface area contributed by atoms with Crippen molar-refractivity contribution in [3.05, 3.63) is 70.8 Å². The van der Waals surface area contributed by atoms with Crippen molar-refractivity contribution in [3.63, 3.8) is 0 Å². The fourth-order valence-electron chi connectivity index (χ4n) is 4.81. The van der Waals surface area contributed by atoms with E-state index in [-0.39, 0.29) is 23.6 Å². The van der Waals surface area contributed by atoms with Gasteiger partial charge in [-0.2, -0.15) is 0 Å². The van der Waals surface area contributed by atoms with Crippen LogP contribution in [-0.4, -0.2) is 47.5 Å². The van der Waals surface area contributed by atoms with Gasteiger partial charge in [0.1, 0.15) is 0 Å². The molecule has 0 unspecified atom stereocenters. The minimum absolute atomic E-state index is 0.274. The molecule has 0 fully saturated rings. The lowest BCUT2D eigenvalue weighted by molar-refractivity contribution is 0.0678. The second-order valence-electron chi connectivity index (χ2n) is 8.51. The van der Waals surface area contributed by atoms with E-state index in [1.165, 1.54) is 14.1 Å². The van der Waals surface area contributed by atoms with Crippen molar-refractivity contribution in [2.24, 2.45) is 0 Å². The molecule has 0 N–H and O–H groups in total. The molecule has 2 aromatic carbocycles. The zero-order chi connectivity index (χ0) is 24.2. The van der Waals surface area contributed by atoms with Gasteiger partial charge in [0.25, 0.3) is 23.6 Å². The van der Waals surface area contributed by atoms with E-state index >= 15 is 0 Å². The molecule has 5 aromatic rings. The number of benzene rings is 2. The van der Waals surface area contributed by atoms with Crippen molar-refractivity contribution in [2.75, 3.05) is 14.1 Å². The fourth-order valence-corrected chi connectivity index (χ4v) is 8.90. The lowest BCUT2D eigenvalue weighted by Crippen LogP contribution is -2.24. The Kier molecular flexibility index (Phi) is 4.10. The summed E-state index contributed by atoms with van der Waals surface area (Å²) in [7, 11) is 3.02. The number of carbonyl (C=O) groups is 4. The monoisotopic (exact) mass is 514 g/mol. The van der Waals surface area contributed by atoms with Crippen LogP contribution in [0.15, 0.2) is 48.5 Å². The Balaban J connectivity index is 1.38. The summed E-state index contributed by atoms with van der Waals surface area (Å²) in [4.78, 5) is 54.6. The smallest absolute Gasteiger partial charge is 0.261 e. The molecule has 170 valence electrons. The summed E-state index contributed by atoms with van der Waals surface area (Å²) >= 11 is 4.86. The van der Waals surface area contributed by atoms with Crippen LogP contribution in [0.5, 0.6) is 0 Å². The predicted octanol–water partition coefficient (Wildman–Crippen LogP) is 5.96. The van der Waals surface area contributed by atoms with Gasteiger partial charge in [0.2, 0.25) is 0 Å². The average Bonchev–Trinajstić information content (AvgIpc) is 3.62. The number of imide groups is 2. The Hall–Kier alpha value is -3.66. The van der Waals surface area contributed by atoms with Gasteiger partial charge in [-0.05, 0) is 24.3 Å². The summed E-state index contributed by atoms with van der Waals surface area (Å²) in [5, 5.41) is 0. The van der Waals surface area contributed by atoms with E-state index < -0.39 is 0 Å². The van der Waals surface area contributed by atoms with Crippen LogP contribution < -0.4 is 0 Å². The van der Waals surface area contributed by atoms with Crippen molar-refractivity contribution >= 4 is 76.4 Å². The number of hydrogen-bond donors (Lipinski definition) is 0. The van der Waals surface area contributed by atoms with Crippen LogP contribution in [0, 0.1) is 0 Å². The molecule has 0 radical (unpaired) electrons. The average molecular weight is 515 g/mol. The standard InChI is InChI=1S/C26H14N2O4S3/c1-27-23(29)13-7-3-5-11(19(13)25(27)31)15-9-17-21(34-15)22-18(33-17)10-16(35-22)12-6-4-8-14-20(12)26(32)28(2)24(14)30/h3-10H,1-2H3. The minimum atomic E-state index is -0.275. The van der Waals surface area contributed by atoms with E-state index in [4.69, 9.17) is 0 Å². The molecule has 0 saturated carbocycles. The van der Waals surface area contributed by atoms with Crippen LogP contribution in [0.25, 0.3) is 39.7 Å². The quantitative estimate of drug-likeness (QED) is 0.272.